The van der Waals surface area contributed by atoms with Crippen molar-refractivity contribution in [3.8, 4) is 0 Å². The zero-order chi connectivity index (χ0) is 14.5. The fourth-order valence-corrected chi connectivity index (χ4v) is 1.77. The number of hydrogen-bond acceptors (Lipinski definition) is 4. The molecule has 1 heterocycles. The van der Waals surface area contributed by atoms with Gasteiger partial charge in [0.05, 0.1) is 12.0 Å². The minimum Gasteiger partial charge on any atom is -0.481 e. The Balaban J connectivity index is 2.20. The van der Waals surface area contributed by atoms with Crippen LogP contribution in [0.3, 0.4) is 0 Å². The van der Waals surface area contributed by atoms with Crippen molar-refractivity contribution in [2.24, 2.45) is 0 Å². The molecule has 0 aromatic heterocycles. The SMILES string of the molecule is CC(O)(CNC(=O)NCC1CCC(=O)N1)CC(=O)O. The lowest BCUT2D eigenvalue weighted by Gasteiger charge is -2.21. The van der Waals surface area contributed by atoms with Gasteiger partial charge in [-0.25, -0.2) is 4.79 Å². The van der Waals surface area contributed by atoms with Gasteiger partial charge in [0.15, 0.2) is 0 Å². The first-order valence-electron chi connectivity index (χ1n) is 6.04. The number of aliphatic hydroxyl groups is 1. The molecule has 1 saturated heterocycles. The van der Waals surface area contributed by atoms with E-state index >= 15 is 0 Å². The predicted octanol–water partition coefficient (Wildman–Crippen LogP) is -1.21. The number of carboxylic acids is 1. The number of amides is 3. The minimum absolute atomic E-state index is 0.0309. The van der Waals surface area contributed by atoms with Crippen molar-refractivity contribution in [1.29, 1.82) is 0 Å². The van der Waals surface area contributed by atoms with E-state index in [-0.39, 0.29) is 18.5 Å². The molecule has 0 aromatic carbocycles. The number of aliphatic carboxylic acids is 1. The van der Waals surface area contributed by atoms with Gasteiger partial charge in [-0.15, -0.1) is 0 Å². The molecule has 5 N–H and O–H groups in total. The van der Waals surface area contributed by atoms with Crippen LogP contribution < -0.4 is 16.0 Å². The van der Waals surface area contributed by atoms with E-state index in [0.717, 1.165) is 0 Å². The summed E-state index contributed by atoms with van der Waals surface area (Å²) in [5.74, 6) is -1.17. The Morgan fingerprint density at radius 2 is 2.16 bits per heavy atom. The maximum Gasteiger partial charge on any atom is 0.314 e. The Morgan fingerprint density at radius 3 is 2.68 bits per heavy atom. The van der Waals surface area contributed by atoms with Crippen LogP contribution in [0.4, 0.5) is 4.79 Å². The van der Waals surface area contributed by atoms with Crippen molar-refractivity contribution in [3.05, 3.63) is 0 Å². The number of carboxylic acid groups (broad SMARTS) is 1. The number of nitrogens with one attached hydrogen (secondary N) is 3. The topological polar surface area (TPSA) is 128 Å². The van der Waals surface area contributed by atoms with E-state index in [4.69, 9.17) is 5.11 Å². The summed E-state index contributed by atoms with van der Waals surface area (Å²) in [6.07, 6.45) is 0.684. The van der Waals surface area contributed by atoms with Gasteiger partial charge >= 0.3 is 12.0 Å². The molecule has 8 heteroatoms. The molecule has 0 spiro atoms. The quantitative estimate of drug-likeness (QED) is 0.415. The summed E-state index contributed by atoms with van der Waals surface area (Å²) < 4.78 is 0. The molecule has 0 radical (unpaired) electrons. The molecule has 0 aromatic rings. The minimum atomic E-state index is -1.50. The first-order valence-corrected chi connectivity index (χ1v) is 6.04. The average Bonchev–Trinajstić information content (AvgIpc) is 2.68. The van der Waals surface area contributed by atoms with Gasteiger partial charge in [-0.1, -0.05) is 0 Å². The standard InChI is InChI=1S/C11H19N3O5/c1-11(19,4-9(16)17)6-13-10(18)12-5-7-2-3-8(15)14-7/h7,19H,2-6H2,1H3,(H,14,15)(H,16,17)(H2,12,13,18). The van der Waals surface area contributed by atoms with Crippen molar-refractivity contribution in [2.75, 3.05) is 13.1 Å². The lowest BCUT2D eigenvalue weighted by atomic mass is 10.0. The van der Waals surface area contributed by atoms with Gasteiger partial charge in [0.1, 0.15) is 0 Å². The maximum absolute atomic E-state index is 11.4. The van der Waals surface area contributed by atoms with Crippen molar-refractivity contribution in [1.82, 2.24) is 16.0 Å². The average molecular weight is 273 g/mol. The molecule has 8 nitrogen and oxygen atoms in total. The van der Waals surface area contributed by atoms with Crippen LogP contribution in [0.5, 0.6) is 0 Å². The second-order valence-electron chi connectivity index (χ2n) is 4.93. The molecule has 19 heavy (non-hydrogen) atoms. The lowest BCUT2D eigenvalue weighted by Crippen LogP contribution is -2.48. The van der Waals surface area contributed by atoms with E-state index in [9.17, 15) is 19.5 Å². The third kappa shape index (κ3) is 6.05. The molecule has 0 bridgehead atoms. The second-order valence-corrected chi connectivity index (χ2v) is 4.93. The summed E-state index contributed by atoms with van der Waals surface area (Å²) in [6, 6.07) is -0.579. The van der Waals surface area contributed by atoms with Crippen LogP contribution in [0.1, 0.15) is 26.2 Å². The van der Waals surface area contributed by atoms with Crippen molar-refractivity contribution in [3.63, 3.8) is 0 Å². The zero-order valence-electron chi connectivity index (χ0n) is 10.7. The van der Waals surface area contributed by atoms with Crippen LogP contribution in [0.2, 0.25) is 0 Å². The summed E-state index contributed by atoms with van der Waals surface area (Å²) in [5, 5.41) is 25.9. The van der Waals surface area contributed by atoms with Gasteiger partial charge in [0.2, 0.25) is 5.91 Å². The molecule has 3 amide bonds. The molecule has 0 aliphatic carbocycles. The first kappa shape index (κ1) is 15.2. The van der Waals surface area contributed by atoms with Crippen LogP contribution in [-0.4, -0.2) is 52.9 Å². The molecular weight excluding hydrogens is 254 g/mol. The van der Waals surface area contributed by atoms with E-state index in [1.807, 2.05) is 0 Å². The van der Waals surface area contributed by atoms with Crippen molar-refractivity contribution in [2.45, 2.75) is 37.8 Å². The summed E-state index contributed by atoms with van der Waals surface area (Å²) >= 11 is 0. The second kappa shape index (κ2) is 6.37. The Bertz CT molecular complexity index is 369. The zero-order valence-corrected chi connectivity index (χ0v) is 10.7. The fraction of sp³-hybridized carbons (Fsp3) is 0.727. The van der Waals surface area contributed by atoms with E-state index in [0.29, 0.717) is 19.4 Å². The molecule has 2 atom stereocenters. The molecule has 1 aliphatic rings. The van der Waals surface area contributed by atoms with Crippen LogP contribution >= 0.6 is 0 Å². The number of carbonyl (C=O) groups excluding carboxylic acids is 2. The van der Waals surface area contributed by atoms with Crippen LogP contribution in [0.15, 0.2) is 0 Å². The maximum atomic E-state index is 11.4. The van der Waals surface area contributed by atoms with Crippen LogP contribution in [0, 0.1) is 0 Å². The molecule has 0 saturated carbocycles. The van der Waals surface area contributed by atoms with Gasteiger partial charge < -0.3 is 26.2 Å². The smallest absolute Gasteiger partial charge is 0.314 e. The predicted molar refractivity (Wildman–Crippen MR) is 65.4 cm³/mol. The van der Waals surface area contributed by atoms with Gasteiger partial charge in [-0.3, -0.25) is 9.59 Å². The number of rotatable bonds is 6. The summed E-state index contributed by atoms with van der Waals surface area (Å²) in [4.78, 5) is 32.8. The Labute approximate surface area is 110 Å². The van der Waals surface area contributed by atoms with E-state index < -0.39 is 24.0 Å². The summed E-state index contributed by atoms with van der Waals surface area (Å²) in [5.41, 5.74) is -1.50. The Morgan fingerprint density at radius 1 is 1.47 bits per heavy atom. The number of hydrogen-bond donors (Lipinski definition) is 5. The highest BCUT2D eigenvalue weighted by Crippen LogP contribution is 2.07. The van der Waals surface area contributed by atoms with Gasteiger partial charge in [0, 0.05) is 25.6 Å². The first-order chi connectivity index (χ1) is 8.78. The molecule has 1 fully saturated rings. The number of carbonyl (C=O) groups is 3. The Hall–Kier alpha value is -1.83. The highest BCUT2D eigenvalue weighted by molar-refractivity contribution is 5.79. The van der Waals surface area contributed by atoms with E-state index in [1.54, 1.807) is 0 Å². The van der Waals surface area contributed by atoms with Crippen molar-refractivity contribution >= 4 is 17.9 Å². The third-order valence-electron chi connectivity index (χ3n) is 2.76. The largest absolute Gasteiger partial charge is 0.481 e. The normalized spacial score (nSPS) is 21.4. The molecule has 2 unspecified atom stereocenters. The summed E-state index contributed by atoms with van der Waals surface area (Å²) in [7, 11) is 0. The number of urea groups is 1. The third-order valence-corrected chi connectivity index (χ3v) is 2.76. The lowest BCUT2D eigenvalue weighted by molar-refractivity contribution is -0.141. The molecule has 1 aliphatic heterocycles. The molecule has 1 rings (SSSR count). The van der Waals surface area contributed by atoms with Crippen molar-refractivity contribution < 1.29 is 24.6 Å². The molecular formula is C11H19N3O5. The molecule has 108 valence electrons. The van der Waals surface area contributed by atoms with E-state index in [2.05, 4.69) is 16.0 Å². The van der Waals surface area contributed by atoms with E-state index in [1.165, 1.54) is 6.92 Å². The highest BCUT2D eigenvalue weighted by Gasteiger charge is 2.25. The van der Waals surface area contributed by atoms with Gasteiger partial charge in [0.25, 0.3) is 0 Å². The monoisotopic (exact) mass is 273 g/mol. The fourth-order valence-electron chi connectivity index (χ4n) is 1.77. The van der Waals surface area contributed by atoms with Gasteiger partial charge in [-0.2, -0.15) is 0 Å². The van der Waals surface area contributed by atoms with Crippen LogP contribution in [0.25, 0.3) is 0 Å². The van der Waals surface area contributed by atoms with Crippen LogP contribution in [-0.2, 0) is 9.59 Å². The highest BCUT2D eigenvalue weighted by atomic mass is 16.4. The summed E-state index contributed by atoms with van der Waals surface area (Å²) in [6.45, 7) is 1.47. The van der Waals surface area contributed by atoms with Gasteiger partial charge in [-0.05, 0) is 13.3 Å². The Kier molecular flexibility index (Phi) is 5.11.